The van der Waals surface area contributed by atoms with Gasteiger partial charge in [0.2, 0.25) is 11.8 Å². The van der Waals surface area contributed by atoms with Gasteiger partial charge in [0.25, 0.3) is 5.91 Å². The fourth-order valence-corrected chi connectivity index (χ4v) is 8.65. The number of hydrogen-bond donors (Lipinski definition) is 1. The minimum atomic E-state index is -1.27. The first-order chi connectivity index (χ1) is 23.3. The Hall–Kier alpha value is -3.95. The van der Waals surface area contributed by atoms with Crippen LogP contribution in [0.3, 0.4) is 0 Å². The summed E-state index contributed by atoms with van der Waals surface area (Å²) < 4.78 is 12.7. The van der Waals surface area contributed by atoms with Crippen LogP contribution in [0.1, 0.15) is 58.6 Å². The summed E-state index contributed by atoms with van der Waals surface area (Å²) in [6.45, 7) is 22.4. The van der Waals surface area contributed by atoms with E-state index in [4.69, 9.17) is 9.47 Å². The fourth-order valence-electron chi connectivity index (χ4n) is 8.65. The summed E-state index contributed by atoms with van der Waals surface area (Å²) in [7, 11) is 0. The van der Waals surface area contributed by atoms with Crippen molar-refractivity contribution in [3.8, 4) is 5.75 Å². The first kappa shape index (κ1) is 36.3. The third kappa shape index (κ3) is 6.09. The van der Waals surface area contributed by atoms with Crippen molar-refractivity contribution in [1.29, 1.82) is 0 Å². The second-order valence-corrected chi connectivity index (χ2v) is 14.6. The van der Waals surface area contributed by atoms with E-state index in [-0.39, 0.29) is 49.3 Å². The van der Waals surface area contributed by atoms with Crippen LogP contribution in [0.25, 0.3) is 0 Å². The molecule has 2 aromatic carbocycles. The van der Waals surface area contributed by atoms with Crippen LogP contribution in [0.2, 0.25) is 0 Å². The number of aryl methyl sites for hydroxylation is 2. The Morgan fingerprint density at radius 2 is 1.73 bits per heavy atom. The van der Waals surface area contributed by atoms with Gasteiger partial charge in [-0.05, 0) is 93.8 Å². The van der Waals surface area contributed by atoms with Gasteiger partial charge in [-0.2, -0.15) is 0 Å². The molecule has 7 atom stereocenters. The highest BCUT2D eigenvalue weighted by Crippen LogP contribution is 2.66. The molecule has 2 aromatic rings. The second kappa shape index (κ2) is 14.1. The molecule has 3 aliphatic rings. The van der Waals surface area contributed by atoms with Gasteiger partial charge >= 0.3 is 0 Å². The Balaban J connectivity index is 1.66. The molecule has 0 radical (unpaired) electrons. The lowest BCUT2D eigenvalue weighted by Gasteiger charge is -2.40. The number of nitrogens with zero attached hydrogens (tertiary/aromatic N) is 3. The van der Waals surface area contributed by atoms with Gasteiger partial charge in [0, 0.05) is 24.5 Å². The standard InChI is InChI=1S/C40H53N3O6/c1-10-19-41(29-15-17-31(18-16-29)48-12-3)36(45)33-34-37(46)43(30(24-44)21-25(4)5)35(40(34)23-28(8)39(33,9)49-40)38(47)42(20-11-2)32-22-26(6)13-14-27(32)7/h10-11,13-18,22,25,28,30,33-35,44H,1-2,12,19-21,23-24H2,3-9H3/t28?,30-,33+,34+,35?,39-,40?/m1/s1. The Morgan fingerprint density at radius 3 is 2.33 bits per heavy atom. The summed E-state index contributed by atoms with van der Waals surface area (Å²) in [5, 5.41) is 10.8. The van der Waals surface area contributed by atoms with Gasteiger partial charge in [0.1, 0.15) is 17.4 Å². The third-order valence-corrected chi connectivity index (χ3v) is 10.9. The fraction of sp³-hybridized carbons (Fsp3) is 0.525. The largest absolute Gasteiger partial charge is 0.494 e. The molecule has 3 aliphatic heterocycles. The maximum absolute atomic E-state index is 15.2. The lowest BCUT2D eigenvalue weighted by Crippen LogP contribution is -2.59. The van der Waals surface area contributed by atoms with Gasteiger partial charge in [-0.1, -0.05) is 45.1 Å². The van der Waals surface area contributed by atoms with Crippen LogP contribution >= 0.6 is 0 Å². The maximum atomic E-state index is 15.2. The number of carbonyl (C=O) groups is 3. The summed E-state index contributed by atoms with van der Waals surface area (Å²) in [5.74, 6) is -1.99. The van der Waals surface area contributed by atoms with E-state index in [1.165, 1.54) is 0 Å². The van der Waals surface area contributed by atoms with Crippen molar-refractivity contribution >= 4 is 29.1 Å². The van der Waals surface area contributed by atoms with Gasteiger partial charge in [0.05, 0.1) is 36.7 Å². The van der Waals surface area contributed by atoms with Gasteiger partial charge < -0.3 is 29.3 Å². The molecule has 3 fully saturated rings. The highest BCUT2D eigenvalue weighted by molar-refractivity contribution is 6.07. The number of ether oxygens (including phenoxy) is 2. The van der Waals surface area contributed by atoms with E-state index in [9.17, 15) is 9.90 Å². The average Bonchev–Trinajstić information content (AvgIpc) is 3.58. The van der Waals surface area contributed by atoms with E-state index < -0.39 is 35.1 Å². The first-order valence-corrected chi connectivity index (χ1v) is 17.6. The number of rotatable bonds is 14. The van der Waals surface area contributed by atoms with E-state index >= 15 is 9.59 Å². The Labute approximate surface area is 291 Å². The summed E-state index contributed by atoms with van der Waals surface area (Å²) >= 11 is 0. The zero-order valence-electron chi connectivity index (χ0n) is 30.1. The zero-order chi connectivity index (χ0) is 35.8. The van der Waals surface area contributed by atoms with Crippen LogP contribution < -0.4 is 14.5 Å². The molecule has 1 spiro atoms. The molecule has 0 saturated carbocycles. The summed E-state index contributed by atoms with van der Waals surface area (Å²) in [5.41, 5.74) is 0.995. The molecular weight excluding hydrogens is 618 g/mol. The summed E-state index contributed by atoms with van der Waals surface area (Å²) in [6.07, 6.45) is 4.26. The SMILES string of the molecule is C=CCN(C(=O)[C@@H]1[C@H]2C(=O)N([C@@H](CO)CC(C)C)C(C(=O)N(CC=C)c3cc(C)ccc3C)C23CC(C)[C@@]1(C)O3)c1ccc(OCC)cc1. The number of anilines is 2. The van der Waals surface area contributed by atoms with Crippen LogP contribution in [0.4, 0.5) is 11.4 Å². The van der Waals surface area contributed by atoms with Gasteiger partial charge in [-0.25, -0.2) is 0 Å². The Morgan fingerprint density at radius 1 is 1.08 bits per heavy atom. The average molecular weight is 672 g/mol. The molecule has 0 aromatic heterocycles. The molecular formula is C40H53N3O6. The topological polar surface area (TPSA) is 99.6 Å². The lowest BCUT2D eigenvalue weighted by molar-refractivity contribution is -0.149. The molecule has 3 saturated heterocycles. The number of aliphatic hydroxyl groups excluding tert-OH is 1. The minimum Gasteiger partial charge on any atom is -0.494 e. The van der Waals surface area contributed by atoms with Crippen LogP contribution in [0, 0.1) is 37.5 Å². The number of carbonyl (C=O) groups excluding carboxylic acids is 3. The quantitative estimate of drug-likeness (QED) is 0.253. The monoisotopic (exact) mass is 671 g/mol. The predicted molar refractivity (Wildman–Crippen MR) is 193 cm³/mol. The van der Waals surface area contributed by atoms with E-state index in [0.717, 1.165) is 16.8 Å². The Bertz CT molecular complexity index is 1590. The van der Waals surface area contributed by atoms with E-state index in [2.05, 4.69) is 13.2 Å². The molecule has 0 aliphatic carbocycles. The predicted octanol–water partition coefficient (Wildman–Crippen LogP) is 5.86. The molecule has 1 N–H and O–H groups in total. The summed E-state index contributed by atoms with van der Waals surface area (Å²) in [6, 6.07) is 11.6. The van der Waals surface area contributed by atoms with Crippen molar-refractivity contribution in [3.63, 3.8) is 0 Å². The molecule has 5 rings (SSSR count). The zero-order valence-corrected chi connectivity index (χ0v) is 30.1. The van der Waals surface area contributed by atoms with Crippen molar-refractivity contribution in [2.45, 2.75) is 84.6 Å². The van der Waals surface area contributed by atoms with Gasteiger partial charge in [-0.15, -0.1) is 13.2 Å². The number of benzene rings is 2. The van der Waals surface area contributed by atoms with Crippen LogP contribution in [0.15, 0.2) is 67.8 Å². The molecule has 2 bridgehead atoms. The van der Waals surface area contributed by atoms with Crippen LogP contribution in [-0.4, -0.2) is 77.3 Å². The number of likely N-dealkylation sites (tertiary alicyclic amines) is 1. The van der Waals surface area contributed by atoms with E-state index in [0.29, 0.717) is 30.9 Å². The molecule has 9 heteroatoms. The number of aliphatic hydroxyl groups is 1. The van der Waals surface area contributed by atoms with Crippen molar-refractivity contribution in [3.05, 3.63) is 78.9 Å². The van der Waals surface area contributed by atoms with Gasteiger partial charge in [-0.3, -0.25) is 14.4 Å². The van der Waals surface area contributed by atoms with Crippen LogP contribution in [0.5, 0.6) is 5.75 Å². The van der Waals surface area contributed by atoms with Crippen molar-refractivity contribution in [2.24, 2.45) is 23.7 Å². The van der Waals surface area contributed by atoms with E-state index in [1.54, 1.807) is 26.9 Å². The van der Waals surface area contributed by atoms with E-state index in [1.807, 2.05) is 90.9 Å². The number of hydrogen-bond acceptors (Lipinski definition) is 6. The molecule has 264 valence electrons. The lowest BCUT2D eigenvalue weighted by atomic mass is 9.62. The van der Waals surface area contributed by atoms with Crippen LogP contribution in [-0.2, 0) is 19.1 Å². The minimum absolute atomic E-state index is 0.135. The normalized spacial score (nSPS) is 27.6. The highest BCUT2D eigenvalue weighted by Gasteiger charge is 2.80. The Kier molecular flexibility index (Phi) is 10.5. The van der Waals surface area contributed by atoms with Gasteiger partial charge in [0.15, 0.2) is 0 Å². The second-order valence-electron chi connectivity index (χ2n) is 14.6. The van der Waals surface area contributed by atoms with Crippen molar-refractivity contribution in [1.82, 2.24) is 4.90 Å². The number of amides is 3. The molecule has 9 nitrogen and oxygen atoms in total. The summed E-state index contributed by atoms with van der Waals surface area (Å²) in [4.78, 5) is 50.1. The number of fused-ring (bicyclic) bond motifs is 1. The first-order valence-electron chi connectivity index (χ1n) is 17.6. The third-order valence-electron chi connectivity index (χ3n) is 10.9. The van der Waals surface area contributed by atoms with Crippen molar-refractivity contribution < 1.29 is 29.0 Å². The maximum Gasteiger partial charge on any atom is 0.253 e. The smallest absolute Gasteiger partial charge is 0.253 e. The molecule has 49 heavy (non-hydrogen) atoms. The highest BCUT2D eigenvalue weighted by atomic mass is 16.5. The van der Waals surface area contributed by atoms with Crippen molar-refractivity contribution in [2.75, 3.05) is 36.1 Å². The molecule has 3 unspecified atom stereocenters. The molecule has 3 amide bonds. The molecule has 3 heterocycles.